The number of hydrogen-bond donors (Lipinski definition) is 1. The molecule has 1 aromatic rings. The van der Waals surface area contributed by atoms with Crippen molar-refractivity contribution < 1.29 is 18.3 Å². The number of hydrogen-bond acceptors (Lipinski definition) is 4. The first-order valence-electron chi connectivity index (χ1n) is 5.11. The molecule has 0 unspecified atom stereocenters. The predicted octanol–water partition coefficient (Wildman–Crippen LogP) is 1.36. The molecular weight excluding hydrogens is 230 g/mol. The minimum Gasteiger partial charge on any atom is -0.396 e. The van der Waals surface area contributed by atoms with Crippen molar-refractivity contribution in [1.82, 2.24) is 0 Å². The van der Waals surface area contributed by atoms with Crippen LogP contribution in [0.1, 0.15) is 0 Å². The number of halogens is 2. The zero-order valence-corrected chi connectivity index (χ0v) is 9.67. The Bertz CT molecular complexity index is 428. The van der Waals surface area contributed by atoms with Crippen molar-refractivity contribution in [1.29, 1.82) is 0 Å². The van der Waals surface area contributed by atoms with Crippen molar-refractivity contribution in [2.75, 3.05) is 37.9 Å². The van der Waals surface area contributed by atoms with Gasteiger partial charge in [0.15, 0.2) is 0 Å². The van der Waals surface area contributed by atoms with Crippen molar-refractivity contribution in [2.24, 2.45) is 0 Å². The van der Waals surface area contributed by atoms with Gasteiger partial charge in [-0.25, -0.2) is 8.78 Å². The van der Waals surface area contributed by atoms with Gasteiger partial charge in [-0.15, -0.1) is 0 Å². The molecule has 6 heteroatoms. The van der Waals surface area contributed by atoms with Gasteiger partial charge in [0, 0.05) is 20.3 Å². The van der Waals surface area contributed by atoms with E-state index in [0.717, 1.165) is 6.07 Å². The molecule has 0 spiro atoms. The fourth-order valence-electron chi connectivity index (χ4n) is 1.84. The van der Waals surface area contributed by atoms with Crippen LogP contribution < -0.4 is 10.6 Å². The first-order valence-corrected chi connectivity index (χ1v) is 5.11. The predicted molar refractivity (Wildman–Crippen MR) is 59.7 cm³/mol. The van der Waals surface area contributed by atoms with Crippen LogP contribution in [0.5, 0.6) is 0 Å². The molecule has 17 heavy (non-hydrogen) atoms. The number of nitrogens with zero attached hydrogens (tertiary/aromatic N) is 1. The fourth-order valence-corrected chi connectivity index (χ4v) is 1.84. The lowest BCUT2D eigenvalue weighted by molar-refractivity contribution is -0.219. The molecule has 0 bridgehead atoms. The topological polar surface area (TPSA) is 47.7 Å². The van der Waals surface area contributed by atoms with Crippen LogP contribution >= 0.6 is 0 Å². The highest BCUT2D eigenvalue weighted by molar-refractivity contribution is 5.59. The Hall–Kier alpha value is -1.40. The molecule has 2 rings (SSSR count). The summed E-state index contributed by atoms with van der Waals surface area (Å²) >= 11 is 0. The number of nitrogens with two attached hydrogens (primary N) is 1. The molecule has 0 amide bonds. The Kier molecular flexibility index (Phi) is 2.92. The Morgan fingerprint density at radius 2 is 1.76 bits per heavy atom. The van der Waals surface area contributed by atoms with E-state index in [1.54, 1.807) is 4.90 Å². The molecule has 0 radical (unpaired) electrons. The van der Waals surface area contributed by atoms with Gasteiger partial charge < -0.3 is 20.1 Å². The lowest BCUT2D eigenvalue weighted by atomic mass is 10.1. The summed E-state index contributed by atoms with van der Waals surface area (Å²) in [6.07, 6.45) is 0. The smallest absolute Gasteiger partial charge is 0.203 e. The van der Waals surface area contributed by atoms with Crippen LogP contribution in [0.2, 0.25) is 0 Å². The Morgan fingerprint density at radius 1 is 1.18 bits per heavy atom. The van der Waals surface area contributed by atoms with Gasteiger partial charge in [-0.3, -0.25) is 0 Å². The Labute approximate surface area is 97.9 Å². The molecule has 1 heterocycles. The van der Waals surface area contributed by atoms with E-state index >= 15 is 0 Å². The molecule has 1 aliphatic heterocycles. The molecule has 1 aromatic carbocycles. The summed E-state index contributed by atoms with van der Waals surface area (Å²) in [7, 11) is 3.05. The zero-order valence-electron chi connectivity index (χ0n) is 9.67. The highest BCUT2D eigenvalue weighted by Gasteiger charge is 2.44. The molecular formula is C11H14F2N2O2. The third kappa shape index (κ3) is 1.94. The molecule has 2 N–H and O–H groups in total. The van der Waals surface area contributed by atoms with E-state index in [4.69, 9.17) is 15.2 Å². The lowest BCUT2D eigenvalue weighted by Crippen LogP contribution is -2.64. The number of benzene rings is 1. The van der Waals surface area contributed by atoms with Gasteiger partial charge in [-0.05, 0) is 6.07 Å². The van der Waals surface area contributed by atoms with Crippen molar-refractivity contribution >= 4 is 11.4 Å². The van der Waals surface area contributed by atoms with Crippen LogP contribution in [-0.2, 0) is 9.47 Å². The van der Waals surface area contributed by atoms with Gasteiger partial charge in [0.05, 0.1) is 24.5 Å². The minimum atomic E-state index is -0.753. The molecule has 0 aromatic heterocycles. The fraction of sp³-hybridized carbons (Fsp3) is 0.455. The van der Waals surface area contributed by atoms with E-state index in [-0.39, 0.29) is 11.4 Å². The summed E-state index contributed by atoms with van der Waals surface area (Å²) in [5, 5.41) is 0. The number of rotatable bonds is 3. The summed E-state index contributed by atoms with van der Waals surface area (Å²) < 4.78 is 36.9. The average Bonchev–Trinajstić information content (AvgIpc) is 2.25. The quantitative estimate of drug-likeness (QED) is 0.644. The SMILES string of the molecule is COC1(OC)CN(c2cc(N)c(F)cc2F)C1. The van der Waals surface area contributed by atoms with Crippen LogP contribution in [-0.4, -0.2) is 33.1 Å². The van der Waals surface area contributed by atoms with Crippen LogP contribution in [0.15, 0.2) is 12.1 Å². The standard InChI is InChI=1S/C11H14F2N2O2/c1-16-11(17-2)5-15(6-11)10-4-9(14)7(12)3-8(10)13/h3-4H,5-6,14H2,1-2H3. The van der Waals surface area contributed by atoms with Crippen molar-refractivity contribution in [2.45, 2.75) is 5.79 Å². The average molecular weight is 244 g/mol. The second-order valence-corrected chi connectivity index (χ2v) is 4.00. The number of anilines is 2. The number of methoxy groups -OCH3 is 2. The Balaban J connectivity index is 2.19. The molecule has 94 valence electrons. The largest absolute Gasteiger partial charge is 0.396 e. The van der Waals surface area contributed by atoms with Crippen LogP contribution in [0.3, 0.4) is 0 Å². The van der Waals surface area contributed by atoms with Gasteiger partial charge in [0.2, 0.25) is 5.79 Å². The third-order valence-electron chi connectivity index (χ3n) is 3.01. The van der Waals surface area contributed by atoms with E-state index in [1.807, 2.05) is 0 Å². The van der Waals surface area contributed by atoms with Gasteiger partial charge in [-0.2, -0.15) is 0 Å². The molecule has 0 atom stereocenters. The summed E-state index contributed by atoms with van der Waals surface area (Å²) in [6.45, 7) is 0.754. The minimum absolute atomic E-state index is 0.0752. The van der Waals surface area contributed by atoms with Crippen LogP contribution in [0.25, 0.3) is 0 Å². The molecule has 4 nitrogen and oxygen atoms in total. The van der Waals surface area contributed by atoms with Crippen molar-refractivity contribution in [3.8, 4) is 0 Å². The van der Waals surface area contributed by atoms with Gasteiger partial charge in [0.1, 0.15) is 11.6 Å². The Morgan fingerprint density at radius 3 is 2.29 bits per heavy atom. The second-order valence-electron chi connectivity index (χ2n) is 4.00. The molecule has 1 saturated heterocycles. The second kappa shape index (κ2) is 4.12. The zero-order chi connectivity index (χ0) is 12.6. The van der Waals surface area contributed by atoms with Crippen molar-refractivity contribution in [3.63, 3.8) is 0 Å². The third-order valence-corrected chi connectivity index (χ3v) is 3.01. The van der Waals surface area contributed by atoms with Crippen LogP contribution in [0.4, 0.5) is 20.2 Å². The van der Waals surface area contributed by atoms with E-state index < -0.39 is 17.4 Å². The first kappa shape index (κ1) is 12.1. The van der Waals surface area contributed by atoms with Crippen molar-refractivity contribution in [3.05, 3.63) is 23.8 Å². The highest BCUT2D eigenvalue weighted by Crippen LogP contribution is 2.34. The van der Waals surface area contributed by atoms with Crippen LogP contribution in [0, 0.1) is 11.6 Å². The monoisotopic (exact) mass is 244 g/mol. The lowest BCUT2D eigenvalue weighted by Gasteiger charge is -2.48. The van der Waals surface area contributed by atoms with Gasteiger partial charge in [-0.1, -0.05) is 0 Å². The maximum atomic E-state index is 13.5. The van der Waals surface area contributed by atoms with E-state index in [0.29, 0.717) is 13.1 Å². The molecule has 0 saturated carbocycles. The summed E-state index contributed by atoms with van der Waals surface area (Å²) in [4.78, 5) is 1.68. The van der Waals surface area contributed by atoms with Gasteiger partial charge >= 0.3 is 0 Å². The molecule has 1 aliphatic rings. The number of nitrogen functional groups attached to an aromatic ring is 1. The first-order chi connectivity index (χ1) is 8.01. The van der Waals surface area contributed by atoms with E-state index in [9.17, 15) is 8.78 Å². The maximum Gasteiger partial charge on any atom is 0.203 e. The normalized spacial score (nSPS) is 18.0. The summed E-state index contributed by atoms with van der Waals surface area (Å²) in [5.41, 5.74) is 5.59. The van der Waals surface area contributed by atoms with Gasteiger partial charge in [0.25, 0.3) is 0 Å². The van der Waals surface area contributed by atoms with E-state index in [2.05, 4.69) is 0 Å². The highest BCUT2D eigenvalue weighted by atomic mass is 19.1. The molecule has 1 fully saturated rings. The summed E-state index contributed by atoms with van der Waals surface area (Å²) in [5.74, 6) is -2.11. The van der Waals surface area contributed by atoms with E-state index in [1.165, 1.54) is 20.3 Å². The maximum absolute atomic E-state index is 13.5. The molecule has 0 aliphatic carbocycles. The summed E-state index contributed by atoms with van der Waals surface area (Å²) in [6, 6.07) is 2.06. The number of ether oxygens (including phenoxy) is 2.